The fourth-order valence-corrected chi connectivity index (χ4v) is 5.48. The minimum Gasteiger partial charge on any atom is -0.550 e. The van der Waals surface area contributed by atoms with Crippen molar-refractivity contribution in [2.24, 2.45) is 23.7 Å². The van der Waals surface area contributed by atoms with Gasteiger partial charge in [-0.25, -0.2) is 9.78 Å². The number of carbonyl (C=O) groups is 1. The summed E-state index contributed by atoms with van der Waals surface area (Å²) in [4.78, 5) is 22.4. The second-order valence-corrected chi connectivity index (χ2v) is 8.62. The van der Waals surface area contributed by atoms with Gasteiger partial charge < -0.3 is 24.1 Å². The number of rotatable bonds is 5. The summed E-state index contributed by atoms with van der Waals surface area (Å²) in [6.45, 7) is 6.62. The quantitative estimate of drug-likeness (QED) is 0.319. The number of carboxylic acid groups (broad SMARTS) is 1. The summed E-state index contributed by atoms with van der Waals surface area (Å²) in [6.07, 6.45) is 3.38. The van der Waals surface area contributed by atoms with E-state index in [0.717, 1.165) is 25.7 Å². The van der Waals surface area contributed by atoms with Crippen molar-refractivity contribution in [2.45, 2.75) is 83.3 Å². The van der Waals surface area contributed by atoms with Crippen LogP contribution < -0.4 is 56.5 Å². The number of ether oxygens (including phenoxy) is 3. The summed E-state index contributed by atoms with van der Waals surface area (Å²) in [5.74, 6) is -0.667. The second-order valence-electron chi connectivity index (χ2n) is 8.62. The van der Waals surface area contributed by atoms with Gasteiger partial charge in [-0.1, -0.05) is 13.8 Å². The van der Waals surface area contributed by atoms with Crippen molar-refractivity contribution >= 4 is 5.97 Å². The van der Waals surface area contributed by atoms with Crippen molar-refractivity contribution in [3.8, 4) is 0 Å². The standard InChI is InChI=1S/C19H30O7.K/c1-11-6-7-14-12(2)16(22-10-4-5-15(20)21)23-17-19(14)13(11)8-9-18(3,24-17)25-26-19;/h11-14,16-17H,4-10H2,1-3H3,(H,20,21);/q;+1/p-1/t11-,12-,13+,14+,16+,17-,18+,19-;/m1./s1. The molecule has 27 heavy (non-hydrogen) atoms. The zero-order valence-electron chi connectivity index (χ0n) is 16.8. The number of hydrogen-bond donors (Lipinski definition) is 0. The molecule has 0 unspecified atom stereocenters. The summed E-state index contributed by atoms with van der Waals surface area (Å²) in [7, 11) is 0. The Kier molecular flexibility index (Phi) is 7.17. The molecule has 0 amide bonds. The maximum Gasteiger partial charge on any atom is 1.00 e. The molecule has 7 nitrogen and oxygen atoms in total. The Morgan fingerprint density at radius 3 is 2.70 bits per heavy atom. The van der Waals surface area contributed by atoms with Gasteiger partial charge in [0.1, 0.15) is 0 Å². The molecule has 1 saturated carbocycles. The molecule has 0 N–H and O–H groups in total. The summed E-state index contributed by atoms with van der Waals surface area (Å²) in [5.41, 5.74) is -0.585. The maximum absolute atomic E-state index is 10.6. The molecule has 4 aliphatic heterocycles. The van der Waals surface area contributed by atoms with Gasteiger partial charge in [0.2, 0.25) is 5.79 Å². The van der Waals surface area contributed by atoms with Gasteiger partial charge in [-0.15, -0.1) is 0 Å². The van der Waals surface area contributed by atoms with Crippen LogP contribution in [-0.2, 0) is 28.8 Å². The van der Waals surface area contributed by atoms with Crippen molar-refractivity contribution in [1.29, 1.82) is 0 Å². The molecule has 8 heteroatoms. The monoisotopic (exact) mass is 408 g/mol. The first-order valence-electron chi connectivity index (χ1n) is 9.87. The molecule has 4 heterocycles. The minimum atomic E-state index is -1.06. The van der Waals surface area contributed by atoms with Crippen molar-refractivity contribution in [1.82, 2.24) is 0 Å². The van der Waals surface area contributed by atoms with Crippen LogP contribution in [0.5, 0.6) is 0 Å². The molecule has 1 spiro atoms. The summed E-state index contributed by atoms with van der Waals surface area (Å²) < 4.78 is 18.4. The van der Waals surface area contributed by atoms with Gasteiger partial charge in [0.15, 0.2) is 18.2 Å². The molecular formula is C19H29KO7. The van der Waals surface area contributed by atoms with E-state index in [-0.39, 0.29) is 69.6 Å². The Bertz CT molecular complexity index is 560. The van der Waals surface area contributed by atoms with E-state index < -0.39 is 29.9 Å². The Balaban J connectivity index is 0.00000210. The maximum atomic E-state index is 10.6. The van der Waals surface area contributed by atoms with Crippen LogP contribution in [0.25, 0.3) is 0 Å². The fraction of sp³-hybridized carbons (Fsp3) is 0.947. The Labute approximate surface area is 203 Å². The molecule has 0 radical (unpaired) electrons. The topological polar surface area (TPSA) is 86.3 Å². The van der Waals surface area contributed by atoms with E-state index in [0.29, 0.717) is 24.9 Å². The third kappa shape index (κ3) is 3.96. The van der Waals surface area contributed by atoms with E-state index in [1.165, 1.54) is 0 Å². The Hall–Kier alpha value is 0.906. The Morgan fingerprint density at radius 2 is 1.96 bits per heavy atom. The predicted molar refractivity (Wildman–Crippen MR) is 87.0 cm³/mol. The largest absolute Gasteiger partial charge is 1.00 e. The first-order valence-corrected chi connectivity index (χ1v) is 9.87. The van der Waals surface area contributed by atoms with E-state index in [1.54, 1.807) is 0 Å². The van der Waals surface area contributed by atoms with Gasteiger partial charge in [0.25, 0.3) is 0 Å². The van der Waals surface area contributed by atoms with Crippen LogP contribution in [0.1, 0.15) is 59.3 Å². The molecule has 5 aliphatic rings. The van der Waals surface area contributed by atoms with Crippen LogP contribution in [0, 0.1) is 23.7 Å². The first kappa shape index (κ1) is 22.6. The van der Waals surface area contributed by atoms with E-state index in [9.17, 15) is 9.90 Å². The minimum absolute atomic E-state index is 0. The molecule has 1 aliphatic carbocycles. The third-order valence-corrected chi connectivity index (χ3v) is 6.90. The average molecular weight is 409 g/mol. The van der Waals surface area contributed by atoms with E-state index in [1.807, 2.05) is 6.92 Å². The van der Waals surface area contributed by atoms with Crippen LogP contribution in [0.15, 0.2) is 0 Å². The van der Waals surface area contributed by atoms with Gasteiger partial charge in [-0.05, 0) is 50.9 Å². The van der Waals surface area contributed by atoms with Crippen molar-refractivity contribution < 1.29 is 85.3 Å². The first-order chi connectivity index (χ1) is 12.4. The molecule has 148 valence electrons. The number of fused-ring (bicyclic) bond motifs is 2. The van der Waals surface area contributed by atoms with E-state index in [2.05, 4.69) is 13.8 Å². The molecule has 0 aromatic heterocycles. The van der Waals surface area contributed by atoms with Crippen molar-refractivity contribution in [2.75, 3.05) is 6.61 Å². The zero-order valence-corrected chi connectivity index (χ0v) is 19.9. The molecular weight excluding hydrogens is 379 g/mol. The zero-order chi connectivity index (χ0) is 18.5. The van der Waals surface area contributed by atoms with Crippen molar-refractivity contribution in [3.05, 3.63) is 0 Å². The molecule has 4 saturated heterocycles. The average Bonchev–Trinajstić information content (AvgIpc) is 2.82. The second kappa shape index (κ2) is 8.57. The summed E-state index contributed by atoms with van der Waals surface area (Å²) in [5, 5.41) is 10.6. The van der Waals surface area contributed by atoms with Gasteiger partial charge in [0.05, 0.1) is 6.61 Å². The molecule has 2 bridgehead atoms. The van der Waals surface area contributed by atoms with Gasteiger partial charge >= 0.3 is 51.4 Å². The van der Waals surface area contributed by atoms with E-state index >= 15 is 0 Å². The summed E-state index contributed by atoms with van der Waals surface area (Å²) in [6, 6.07) is 0. The molecule has 5 rings (SSSR count). The Morgan fingerprint density at radius 1 is 1.19 bits per heavy atom. The van der Waals surface area contributed by atoms with E-state index in [4.69, 9.17) is 24.0 Å². The van der Waals surface area contributed by atoms with Crippen LogP contribution in [0.2, 0.25) is 0 Å². The smallest absolute Gasteiger partial charge is 0.550 e. The molecule has 0 aromatic carbocycles. The molecule has 5 fully saturated rings. The molecule has 8 atom stereocenters. The fourth-order valence-electron chi connectivity index (χ4n) is 5.48. The number of hydrogen-bond acceptors (Lipinski definition) is 7. The number of carbonyl (C=O) groups excluding carboxylic acids is 1. The normalized spacial score (nSPS) is 48.3. The molecule has 0 aromatic rings. The van der Waals surface area contributed by atoms with Gasteiger partial charge in [-0.2, -0.15) is 0 Å². The van der Waals surface area contributed by atoms with Gasteiger partial charge in [-0.3, -0.25) is 0 Å². The SMILES string of the molecule is C[C@H]1[C@@H](OCCCC(=O)[O-])O[C@@H]2O[C@]3(C)CC[C@H]4[C@H](C)CC[C@@H]1[C@@]24OO3.[K+]. The number of carboxylic acids is 1. The van der Waals surface area contributed by atoms with Gasteiger partial charge in [0, 0.05) is 24.2 Å². The van der Waals surface area contributed by atoms with Crippen molar-refractivity contribution in [3.63, 3.8) is 0 Å². The summed E-state index contributed by atoms with van der Waals surface area (Å²) >= 11 is 0. The van der Waals surface area contributed by atoms with Crippen LogP contribution in [-0.4, -0.2) is 36.5 Å². The predicted octanol–water partition coefficient (Wildman–Crippen LogP) is -1.25. The van der Waals surface area contributed by atoms with Crippen LogP contribution in [0.3, 0.4) is 0 Å². The number of aliphatic carboxylic acids is 1. The van der Waals surface area contributed by atoms with Crippen LogP contribution >= 0.6 is 0 Å². The van der Waals surface area contributed by atoms with Crippen LogP contribution in [0.4, 0.5) is 0 Å². The third-order valence-electron chi connectivity index (χ3n) is 6.90.